The van der Waals surface area contributed by atoms with Crippen molar-refractivity contribution >= 4 is 28.8 Å². The van der Waals surface area contributed by atoms with Crippen molar-refractivity contribution in [2.75, 3.05) is 5.32 Å². The molecule has 7 nitrogen and oxygen atoms in total. The molecule has 29 heavy (non-hydrogen) atoms. The monoisotopic (exact) mass is 408 g/mol. The largest absolute Gasteiger partial charge is 0.319 e. The second kappa shape index (κ2) is 7.33. The van der Waals surface area contributed by atoms with Crippen LogP contribution in [0.15, 0.2) is 36.5 Å². The second-order valence-electron chi connectivity index (χ2n) is 7.12. The Morgan fingerprint density at radius 2 is 1.86 bits per heavy atom. The zero-order valence-corrected chi connectivity index (χ0v) is 17.4. The number of halogens is 1. The van der Waals surface area contributed by atoms with Crippen LogP contribution in [0.1, 0.15) is 38.7 Å². The van der Waals surface area contributed by atoms with Gasteiger partial charge in [-0.1, -0.05) is 23.7 Å². The number of rotatable bonds is 4. The number of carbonyl (C=O) groups is 1. The Balaban J connectivity index is 1.62. The van der Waals surface area contributed by atoms with E-state index in [9.17, 15) is 4.79 Å². The quantitative estimate of drug-likeness (QED) is 0.551. The summed E-state index contributed by atoms with van der Waals surface area (Å²) in [6, 6.07) is 9.57. The van der Waals surface area contributed by atoms with Crippen LogP contribution in [0.25, 0.3) is 5.65 Å². The molecule has 0 radical (unpaired) electrons. The Kier molecular flexibility index (Phi) is 4.84. The Morgan fingerprint density at radius 3 is 2.59 bits per heavy atom. The van der Waals surface area contributed by atoms with E-state index in [-0.39, 0.29) is 5.91 Å². The van der Waals surface area contributed by atoms with E-state index in [0.717, 1.165) is 28.3 Å². The highest BCUT2D eigenvalue weighted by atomic mass is 35.5. The molecule has 0 aliphatic rings. The first-order valence-electron chi connectivity index (χ1n) is 9.25. The first-order valence-corrected chi connectivity index (χ1v) is 9.63. The molecular weight excluding hydrogens is 388 g/mol. The lowest BCUT2D eigenvalue weighted by atomic mass is 10.2. The summed E-state index contributed by atoms with van der Waals surface area (Å²) < 4.78 is 3.54. The molecular formula is C21H21ClN6O. The zero-order chi connectivity index (χ0) is 20.7. The Labute approximate surface area is 173 Å². The van der Waals surface area contributed by atoms with Crippen molar-refractivity contribution in [2.45, 2.75) is 34.2 Å². The fourth-order valence-corrected chi connectivity index (χ4v) is 3.53. The minimum absolute atomic E-state index is 0.255. The Morgan fingerprint density at radius 1 is 1.14 bits per heavy atom. The van der Waals surface area contributed by atoms with Crippen molar-refractivity contribution < 1.29 is 4.79 Å². The minimum Gasteiger partial charge on any atom is -0.319 e. The van der Waals surface area contributed by atoms with Crippen molar-refractivity contribution in [1.82, 2.24) is 24.4 Å². The molecule has 0 unspecified atom stereocenters. The summed E-state index contributed by atoms with van der Waals surface area (Å²) in [4.78, 5) is 17.4. The molecule has 8 heteroatoms. The summed E-state index contributed by atoms with van der Waals surface area (Å²) in [5, 5.41) is 12.6. The molecule has 0 saturated heterocycles. The van der Waals surface area contributed by atoms with Gasteiger partial charge in [-0.05, 0) is 51.5 Å². The maximum atomic E-state index is 13.0. The molecule has 0 aliphatic carbocycles. The molecule has 4 aromatic rings. The van der Waals surface area contributed by atoms with Gasteiger partial charge in [-0.2, -0.15) is 10.2 Å². The van der Waals surface area contributed by atoms with Gasteiger partial charge in [-0.25, -0.2) is 9.50 Å². The highest BCUT2D eigenvalue weighted by molar-refractivity contribution is 6.30. The van der Waals surface area contributed by atoms with Gasteiger partial charge in [-0.3, -0.25) is 9.48 Å². The van der Waals surface area contributed by atoms with Crippen LogP contribution in [0.3, 0.4) is 0 Å². The fourth-order valence-electron chi connectivity index (χ4n) is 3.41. The van der Waals surface area contributed by atoms with Crippen molar-refractivity contribution in [2.24, 2.45) is 0 Å². The number of aromatic nitrogens is 5. The van der Waals surface area contributed by atoms with Gasteiger partial charge in [-0.15, -0.1) is 0 Å². The number of nitrogens with zero attached hydrogens (tertiary/aromatic N) is 5. The number of anilines is 1. The Bertz CT molecular complexity index is 1220. The molecule has 1 amide bonds. The van der Waals surface area contributed by atoms with E-state index < -0.39 is 0 Å². The molecule has 0 spiro atoms. The summed E-state index contributed by atoms with van der Waals surface area (Å²) in [6.07, 6.45) is 1.55. The van der Waals surface area contributed by atoms with Crippen LogP contribution in [0.5, 0.6) is 0 Å². The standard InChI is InChI=1S/C21H21ClN6O/c1-12-9-13(2)28-20(24-12)18(10-23-28)21(29)25-19-14(3)26-27(15(19)4)11-16-5-7-17(22)8-6-16/h5-10H,11H2,1-4H3,(H,25,29). The average Bonchev–Trinajstić information content (AvgIpc) is 3.20. The third-order valence-electron chi connectivity index (χ3n) is 4.89. The van der Waals surface area contributed by atoms with Crippen LogP contribution in [-0.4, -0.2) is 30.3 Å². The van der Waals surface area contributed by atoms with Gasteiger partial charge >= 0.3 is 0 Å². The number of carbonyl (C=O) groups excluding carboxylic acids is 1. The topological polar surface area (TPSA) is 77.1 Å². The molecule has 4 rings (SSSR count). The number of nitrogens with one attached hydrogen (secondary N) is 1. The van der Waals surface area contributed by atoms with E-state index in [4.69, 9.17) is 11.6 Å². The molecule has 148 valence electrons. The van der Waals surface area contributed by atoms with E-state index in [1.807, 2.05) is 62.7 Å². The first kappa shape index (κ1) is 19.1. The summed E-state index contributed by atoms with van der Waals surface area (Å²) >= 11 is 5.96. The van der Waals surface area contributed by atoms with E-state index in [1.165, 1.54) is 0 Å². The summed E-state index contributed by atoms with van der Waals surface area (Å²) in [7, 11) is 0. The van der Waals surface area contributed by atoms with Crippen LogP contribution < -0.4 is 5.32 Å². The highest BCUT2D eigenvalue weighted by Gasteiger charge is 2.19. The molecule has 0 saturated carbocycles. The second-order valence-corrected chi connectivity index (χ2v) is 7.55. The predicted molar refractivity (Wildman–Crippen MR) is 113 cm³/mol. The fraction of sp³-hybridized carbons (Fsp3) is 0.238. The maximum absolute atomic E-state index is 13.0. The summed E-state index contributed by atoms with van der Waals surface area (Å²) in [5.41, 5.74) is 6.15. The van der Waals surface area contributed by atoms with Gasteiger partial charge in [0.2, 0.25) is 0 Å². The van der Waals surface area contributed by atoms with Crippen LogP contribution in [0.4, 0.5) is 5.69 Å². The molecule has 3 aromatic heterocycles. The predicted octanol–water partition coefficient (Wildman–Crippen LogP) is 4.11. The number of fused-ring (bicyclic) bond motifs is 1. The molecule has 0 bridgehead atoms. The average molecular weight is 409 g/mol. The van der Waals surface area contributed by atoms with Gasteiger partial charge in [0.1, 0.15) is 5.56 Å². The number of hydrogen-bond donors (Lipinski definition) is 1. The van der Waals surface area contributed by atoms with E-state index >= 15 is 0 Å². The third kappa shape index (κ3) is 3.61. The third-order valence-corrected chi connectivity index (χ3v) is 5.14. The van der Waals surface area contributed by atoms with E-state index in [1.54, 1.807) is 10.7 Å². The van der Waals surface area contributed by atoms with Crippen LogP contribution in [0, 0.1) is 27.7 Å². The van der Waals surface area contributed by atoms with Crippen molar-refractivity contribution in [1.29, 1.82) is 0 Å². The molecule has 3 heterocycles. The lowest BCUT2D eigenvalue weighted by Crippen LogP contribution is -2.14. The molecule has 0 atom stereocenters. The van der Waals surface area contributed by atoms with Crippen molar-refractivity contribution in [3.63, 3.8) is 0 Å². The Hall–Kier alpha value is -3.19. The summed E-state index contributed by atoms with van der Waals surface area (Å²) in [5.74, 6) is -0.255. The lowest BCUT2D eigenvalue weighted by Gasteiger charge is -2.07. The number of amides is 1. The van der Waals surface area contributed by atoms with Gasteiger partial charge in [0, 0.05) is 16.4 Å². The van der Waals surface area contributed by atoms with Crippen molar-refractivity contribution in [3.05, 3.63) is 75.5 Å². The van der Waals surface area contributed by atoms with Gasteiger partial charge in [0.15, 0.2) is 5.65 Å². The van der Waals surface area contributed by atoms with Gasteiger partial charge in [0.05, 0.1) is 29.8 Å². The highest BCUT2D eigenvalue weighted by Crippen LogP contribution is 2.22. The first-order chi connectivity index (χ1) is 13.8. The molecule has 0 aliphatic heterocycles. The van der Waals surface area contributed by atoms with Gasteiger partial charge in [0.25, 0.3) is 5.91 Å². The van der Waals surface area contributed by atoms with Crippen LogP contribution in [-0.2, 0) is 6.54 Å². The number of benzene rings is 1. The summed E-state index contributed by atoms with van der Waals surface area (Å²) in [6.45, 7) is 8.25. The smallest absolute Gasteiger partial charge is 0.261 e. The number of hydrogen-bond acceptors (Lipinski definition) is 4. The SMILES string of the molecule is Cc1cc(C)n2ncc(C(=O)Nc3c(C)nn(Cc4ccc(Cl)cc4)c3C)c2n1. The van der Waals surface area contributed by atoms with E-state index in [2.05, 4.69) is 20.5 Å². The lowest BCUT2D eigenvalue weighted by molar-refractivity contribution is 0.102. The van der Waals surface area contributed by atoms with Crippen LogP contribution in [0.2, 0.25) is 5.02 Å². The van der Waals surface area contributed by atoms with Crippen LogP contribution >= 0.6 is 11.6 Å². The zero-order valence-electron chi connectivity index (χ0n) is 16.7. The molecule has 0 fully saturated rings. The normalized spacial score (nSPS) is 11.2. The maximum Gasteiger partial charge on any atom is 0.261 e. The number of aryl methyl sites for hydroxylation is 3. The van der Waals surface area contributed by atoms with E-state index in [0.29, 0.717) is 28.5 Å². The van der Waals surface area contributed by atoms with Crippen molar-refractivity contribution in [3.8, 4) is 0 Å². The molecule has 1 N–H and O–H groups in total. The van der Waals surface area contributed by atoms with Gasteiger partial charge < -0.3 is 5.32 Å². The molecule has 1 aromatic carbocycles. The minimum atomic E-state index is -0.255.